The van der Waals surface area contributed by atoms with E-state index >= 15 is 0 Å². The Kier molecular flexibility index (Phi) is 3.24. The van der Waals surface area contributed by atoms with E-state index in [0.717, 1.165) is 11.3 Å². The zero-order chi connectivity index (χ0) is 16.8. The maximum absolute atomic E-state index is 5.98. The SMILES string of the molecule is Clc1nc(Nc2cn(-c3cn(C4CCC4)cn3)cn2)c2cccn2n1. The van der Waals surface area contributed by atoms with Gasteiger partial charge in [0.1, 0.15) is 17.7 Å². The molecule has 5 rings (SSSR count). The van der Waals surface area contributed by atoms with Crippen LogP contribution in [0, 0.1) is 0 Å². The monoisotopic (exact) mass is 354 g/mol. The number of hydrogen-bond acceptors (Lipinski definition) is 5. The van der Waals surface area contributed by atoms with Crippen molar-refractivity contribution in [3.05, 3.63) is 48.7 Å². The van der Waals surface area contributed by atoms with Gasteiger partial charge in [-0.2, -0.15) is 4.98 Å². The molecule has 4 heterocycles. The molecule has 1 saturated carbocycles. The molecule has 0 spiro atoms. The van der Waals surface area contributed by atoms with E-state index in [-0.39, 0.29) is 5.28 Å². The van der Waals surface area contributed by atoms with Gasteiger partial charge in [0.05, 0.1) is 12.5 Å². The van der Waals surface area contributed by atoms with Crippen LogP contribution >= 0.6 is 11.6 Å². The third-order valence-electron chi connectivity index (χ3n) is 4.54. The third-order valence-corrected chi connectivity index (χ3v) is 4.70. The number of aromatic nitrogens is 7. The highest BCUT2D eigenvalue weighted by atomic mass is 35.5. The van der Waals surface area contributed by atoms with Crippen molar-refractivity contribution in [2.45, 2.75) is 25.3 Å². The largest absolute Gasteiger partial charge is 0.332 e. The molecule has 0 radical (unpaired) electrons. The topological polar surface area (TPSA) is 77.9 Å². The van der Waals surface area contributed by atoms with Crippen molar-refractivity contribution in [1.29, 1.82) is 0 Å². The van der Waals surface area contributed by atoms with Gasteiger partial charge in [-0.05, 0) is 43.0 Å². The van der Waals surface area contributed by atoms with Crippen LogP contribution in [0.3, 0.4) is 0 Å². The summed E-state index contributed by atoms with van der Waals surface area (Å²) in [5.74, 6) is 2.12. The first kappa shape index (κ1) is 14.5. The van der Waals surface area contributed by atoms with Gasteiger partial charge in [-0.15, -0.1) is 5.10 Å². The molecule has 9 heteroatoms. The molecule has 4 aromatic heterocycles. The Morgan fingerprint density at radius 1 is 1.16 bits per heavy atom. The van der Waals surface area contributed by atoms with Gasteiger partial charge < -0.3 is 9.88 Å². The normalized spacial score (nSPS) is 14.8. The molecule has 8 nitrogen and oxygen atoms in total. The van der Waals surface area contributed by atoms with Gasteiger partial charge in [0, 0.05) is 18.4 Å². The van der Waals surface area contributed by atoms with Crippen molar-refractivity contribution in [3.63, 3.8) is 0 Å². The lowest BCUT2D eigenvalue weighted by molar-refractivity contribution is 0.313. The van der Waals surface area contributed by atoms with Gasteiger partial charge in [0.2, 0.25) is 5.28 Å². The summed E-state index contributed by atoms with van der Waals surface area (Å²) in [6, 6.07) is 4.39. The van der Waals surface area contributed by atoms with Crippen LogP contribution in [-0.2, 0) is 0 Å². The lowest BCUT2D eigenvalue weighted by Crippen LogP contribution is -2.15. The number of rotatable bonds is 4. The van der Waals surface area contributed by atoms with Gasteiger partial charge in [0.15, 0.2) is 11.6 Å². The number of halogens is 1. The molecule has 0 unspecified atom stereocenters. The van der Waals surface area contributed by atoms with Crippen LogP contribution in [0.25, 0.3) is 11.3 Å². The minimum atomic E-state index is 0.171. The number of nitrogens with one attached hydrogen (secondary N) is 1. The fraction of sp³-hybridized carbons (Fsp3) is 0.250. The molecular formula is C16H15ClN8. The van der Waals surface area contributed by atoms with Crippen LogP contribution in [0.5, 0.6) is 0 Å². The number of fused-ring (bicyclic) bond motifs is 1. The first-order chi connectivity index (χ1) is 12.3. The first-order valence-corrected chi connectivity index (χ1v) is 8.50. The lowest BCUT2D eigenvalue weighted by Gasteiger charge is -2.26. The minimum Gasteiger partial charge on any atom is -0.332 e. The molecular weight excluding hydrogens is 340 g/mol. The summed E-state index contributed by atoms with van der Waals surface area (Å²) in [7, 11) is 0. The van der Waals surface area contributed by atoms with Crippen molar-refractivity contribution in [2.24, 2.45) is 0 Å². The third kappa shape index (κ3) is 2.54. The second-order valence-corrected chi connectivity index (χ2v) is 6.46. The smallest absolute Gasteiger partial charge is 0.243 e. The molecule has 0 aromatic carbocycles. The maximum Gasteiger partial charge on any atom is 0.243 e. The molecule has 126 valence electrons. The van der Waals surface area contributed by atoms with Crippen molar-refractivity contribution in [1.82, 2.24) is 33.7 Å². The van der Waals surface area contributed by atoms with E-state index in [9.17, 15) is 0 Å². The van der Waals surface area contributed by atoms with Gasteiger partial charge in [0.25, 0.3) is 0 Å². The summed E-state index contributed by atoms with van der Waals surface area (Å²) in [4.78, 5) is 13.1. The fourth-order valence-corrected chi connectivity index (χ4v) is 3.14. The molecule has 0 amide bonds. The highest BCUT2D eigenvalue weighted by molar-refractivity contribution is 6.28. The van der Waals surface area contributed by atoms with Crippen molar-refractivity contribution in [2.75, 3.05) is 5.32 Å². The number of anilines is 2. The van der Waals surface area contributed by atoms with Gasteiger partial charge in [-0.3, -0.25) is 4.57 Å². The van der Waals surface area contributed by atoms with E-state index in [1.165, 1.54) is 19.3 Å². The standard InChI is InChI=1S/C16H15ClN8/c17-16-21-15(12-5-2-6-25(12)22-16)20-13-7-24(9-18-13)14-8-23(10-19-14)11-3-1-4-11/h2,5-11H,1,3-4H2,(H,20,21,22). The first-order valence-electron chi connectivity index (χ1n) is 8.12. The minimum absolute atomic E-state index is 0.171. The highest BCUT2D eigenvalue weighted by Gasteiger charge is 2.19. The highest BCUT2D eigenvalue weighted by Crippen LogP contribution is 2.31. The molecule has 0 saturated heterocycles. The molecule has 1 aliphatic carbocycles. The Morgan fingerprint density at radius 3 is 2.92 bits per heavy atom. The van der Waals surface area contributed by atoms with Crippen LogP contribution in [0.2, 0.25) is 5.28 Å². The number of hydrogen-bond donors (Lipinski definition) is 1. The van der Waals surface area contributed by atoms with Crippen molar-refractivity contribution < 1.29 is 0 Å². The maximum atomic E-state index is 5.98. The zero-order valence-electron chi connectivity index (χ0n) is 13.2. The zero-order valence-corrected chi connectivity index (χ0v) is 14.0. The van der Waals surface area contributed by atoms with Gasteiger partial charge in [-0.25, -0.2) is 14.5 Å². The fourth-order valence-electron chi connectivity index (χ4n) is 2.98. The molecule has 1 aliphatic rings. The van der Waals surface area contributed by atoms with Crippen LogP contribution in [0.4, 0.5) is 11.6 Å². The second kappa shape index (κ2) is 5.59. The predicted octanol–water partition coefficient (Wildman–Crippen LogP) is 3.23. The van der Waals surface area contributed by atoms with E-state index in [4.69, 9.17) is 11.6 Å². The predicted molar refractivity (Wildman–Crippen MR) is 93.5 cm³/mol. The molecule has 0 bridgehead atoms. The van der Waals surface area contributed by atoms with E-state index in [0.29, 0.717) is 17.7 Å². The summed E-state index contributed by atoms with van der Waals surface area (Å²) in [5.41, 5.74) is 0.827. The molecule has 25 heavy (non-hydrogen) atoms. The van der Waals surface area contributed by atoms with Gasteiger partial charge >= 0.3 is 0 Å². The summed E-state index contributed by atoms with van der Waals surface area (Å²) in [6.45, 7) is 0. The average molecular weight is 355 g/mol. The van der Waals surface area contributed by atoms with E-state index in [1.807, 2.05) is 35.4 Å². The van der Waals surface area contributed by atoms with Crippen LogP contribution in [0.1, 0.15) is 25.3 Å². The van der Waals surface area contributed by atoms with Gasteiger partial charge in [-0.1, -0.05) is 0 Å². The van der Waals surface area contributed by atoms with Crippen LogP contribution in [-0.4, -0.2) is 33.7 Å². The van der Waals surface area contributed by atoms with E-state index in [2.05, 4.69) is 36.1 Å². The Morgan fingerprint density at radius 2 is 2.08 bits per heavy atom. The van der Waals surface area contributed by atoms with Crippen LogP contribution < -0.4 is 5.32 Å². The molecule has 4 aromatic rings. The molecule has 0 atom stereocenters. The summed E-state index contributed by atoms with van der Waals surface area (Å²) >= 11 is 5.98. The van der Waals surface area contributed by atoms with Crippen LogP contribution in [0.15, 0.2) is 43.4 Å². The Bertz CT molecular complexity index is 1040. The number of nitrogens with zero attached hydrogens (tertiary/aromatic N) is 7. The molecule has 0 aliphatic heterocycles. The van der Waals surface area contributed by atoms with Crippen molar-refractivity contribution in [3.8, 4) is 5.82 Å². The van der Waals surface area contributed by atoms with E-state index in [1.54, 1.807) is 10.8 Å². The molecule has 1 fully saturated rings. The average Bonchev–Trinajstić information content (AvgIpc) is 3.24. The lowest BCUT2D eigenvalue weighted by atomic mass is 9.93. The molecule has 1 N–H and O–H groups in total. The quantitative estimate of drug-likeness (QED) is 0.608. The van der Waals surface area contributed by atoms with E-state index < -0.39 is 0 Å². The Hall–Kier alpha value is -2.87. The Balaban J connectivity index is 1.42. The number of imidazole rings is 2. The summed E-state index contributed by atoms with van der Waals surface area (Å²) in [5, 5.41) is 7.48. The summed E-state index contributed by atoms with van der Waals surface area (Å²) < 4.78 is 5.74. The van der Waals surface area contributed by atoms with Crippen molar-refractivity contribution >= 4 is 28.8 Å². The Labute approximate surface area is 148 Å². The second-order valence-electron chi connectivity index (χ2n) is 6.12. The summed E-state index contributed by atoms with van der Waals surface area (Å²) in [6.07, 6.45) is 13.1.